The number of anilines is 1. The van der Waals surface area contributed by atoms with Crippen LogP contribution in [0.1, 0.15) is 5.69 Å². The fourth-order valence-corrected chi connectivity index (χ4v) is 2.09. The van der Waals surface area contributed by atoms with Crippen LogP contribution in [0.5, 0.6) is 0 Å². The van der Waals surface area contributed by atoms with Crippen LogP contribution in [0.15, 0.2) is 36.5 Å². The zero-order valence-electron chi connectivity index (χ0n) is 10.7. The predicted octanol–water partition coefficient (Wildman–Crippen LogP) is 0.259. The third kappa shape index (κ3) is 2.51. The number of para-hydroxylation sites is 1. The minimum atomic E-state index is -0.217. The monoisotopic (exact) mass is 271 g/mol. The van der Waals surface area contributed by atoms with Gasteiger partial charge in [-0.25, -0.2) is 4.68 Å². The maximum absolute atomic E-state index is 11.9. The quantitative estimate of drug-likeness (QED) is 0.868. The fraction of sp³-hybridized carbons (Fsp3) is 0.231. The van der Waals surface area contributed by atoms with Gasteiger partial charge in [0.25, 0.3) is 0 Å². The molecule has 1 N–H and O–H groups in total. The van der Waals surface area contributed by atoms with Crippen LogP contribution < -0.4 is 5.32 Å². The topological polar surface area (TPSA) is 80.1 Å². The Morgan fingerprint density at radius 3 is 2.85 bits per heavy atom. The number of hydrogen-bond acceptors (Lipinski definition) is 4. The molecule has 2 heterocycles. The van der Waals surface area contributed by atoms with E-state index in [1.54, 1.807) is 23.0 Å². The molecule has 1 aliphatic rings. The van der Waals surface area contributed by atoms with E-state index in [0.717, 1.165) is 5.69 Å². The summed E-state index contributed by atoms with van der Waals surface area (Å²) in [5.74, 6) is -0.350. The number of benzene rings is 1. The van der Waals surface area contributed by atoms with E-state index in [2.05, 4.69) is 15.6 Å². The summed E-state index contributed by atoms with van der Waals surface area (Å²) in [4.78, 5) is 25.3. The van der Waals surface area contributed by atoms with Gasteiger partial charge in [0.05, 0.1) is 18.4 Å². The maximum Gasteiger partial charge on any atom is 0.245 e. The molecule has 0 bridgehead atoms. The molecule has 20 heavy (non-hydrogen) atoms. The zero-order valence-corrected chi connectivity index (χ0v) is 10.7. The predicted molar refractivity (Wildman–Crippen MR) is 70.5 cm³/mol. The highest BCUT2D eigenvalue weighted by molar-refractivity contribution is 5.94. The van der Waals surface area contributed by atoms with Crippen LogP contribution in [-0.4, -0.2) is 38.3 Å². The van der Waals surface area contributed by atoms with Crippen LogP contribution in [0.25, 0.3) is 0 Å². The molecule has 2 aromatic rings. The lowest BCUT2D eigenvalue weighted by Gasteiger charge is -2.26. The first-order valence-corrected chi connectivity index (χ1v) is 6.22. The highest BCUT2D eigenvalue weighted by atomic mass is 16.2. The standard InChI is InChI=1S/C13H13N5O2/c19-12(15-10-4-2-1-3-5-10)8-17-7-11-6-14-16-18(11)9-13(17)20/h1-6H,7-9H2,(H,15,19). The van der Waals surface area contributed by atoms with E-state index in [9.17, 15) is 9.59 Å². The second-order valence-corrected chi connectivity index (χ2v) is 4.55. The number of aromatic nitrogens is 3. The summed E-state index contributed by atoms with van der Waals surface area (Å²) in [6.45, 7) is 0.515. The summed E-state index contributed by atoms with van der Waals surface area (Å²) in [6.07, 6.45) is 1.61. The summed E-state index contributed by atoms with van der Waals surface area (Å²) in [5.41, 5.74) is 1.55. The van der Waals surface area contributed by atoms with Crippen molar-refractivity contribution < 1.29 is 9.59 Å². The molecule has 0 unspecified atom stereocenters. The molecule has 0 radical (unpaired) electrons. The first-order chi connectivity index (χ1) is 9.72. The van der Waals surface area contributed by atoms with Crippen LogP contribution in [0.2, 0.25) is 0 Å². The minimum Gasteiger partial charge on any atom is -0.326 e. The van der Waals surface area contributed by atoms with Crippen LogP contribution in [0.3, 0.4) is 0 Å². The number of rotatable bonds is 3. The molecule has 0 aliphatic carbocycles. The average Bonchev–Trinajstić information content (AvgIpc) is 2.87. The first-order valence-electron chi connectivity index (χ1n) is 6.22. The van der Waals surface area contributed by atoms with Crippen molar-refractivity contribution in [2.75, 3.05) is 11.9 Å². The van der Waals surface area contributed by atoms with Gasteiger partial charge >= 0.3 is 0 Å². The van der Waals surface area contributed by atoms with Crippen molar-refractivity contribution >= 4 is 17.5 Å². The number of hydrogen-bond donors (Lipinski definition) is 1. The zero-order chi connectivity index (χ0) is 13.9. The lowest BCUT2D eigenvalue weighted by Crippen LogP contribution is -2.43. The molecule has 0 saturated carbocycles. The molecule has 0 atom stereocenters. The molecular weight excluding hydrogens is 258 g/mol. The number of fused-ring (bicyclic) bond motifs is 1. The van der Waals surface area contributed by atoms with Crippen molar-refractivity contribution in [3.63, 3.8) is 0 Å². The summed E-state index contributed by atoms with van der Waals surface area (Å²) < 4.78 is 1.55. The fourth-order valence-electron chi connectivity index (χ4n) is 2.09. The van der Waals surface area contributed by atoms with E-state index in [1.807, 2.05) is 18.2 Å². The van der Waals surface area contributed by atoms with Gasteiger partial charge in [-0.2, -0.15) is 0 Å². The van der Waals surface area contributed by atoms with E-state index >= 15 is 0 Å². The lowest BCUT2D eigenvalue weighted by atomic mass is 10.3. The van der Waals surface area contributed by atoms with E-state index in [-0.39, 0.29) is 24.9 Å². The highest BCUT2D eigenvalue weighted by Gasteiger charge is 2.25. The van der Waals surface area contributed by atoms with Gasteiger partial charge in [0, 0.05) is 5.69 Å². The Balaban J connectivity index is 1.63. The van der Waals surface area contributed by atoms with Gasteiger partial charge in [-0.05, 0) is 12.1 Å². The van der Waals surface area contributed by atoms with Gasteiger partial charge in [0.15, 0.2) is 0 Å². The number of amides is 2. The molecule has 1 aromatic carbocycles. The van der Waals surface area contributed by atoms with E-state index in [1.165, 1.54) is 4.90 Å². The van der Waals surface area contributed by atoms with Gasteiger partial charge in [-0.3, -0.25) is 9.59 Å². The molecule has 0 fully saturated rings. The Morgan fingerprint density at radius 2 is 2.05 bits per heavy atom. The second kappa shape index (κ2) is 5.12. The molecule has 1 aliphatic heterocycles. The van der Waals surface area contributed by atoms with Crippen molar-refractivity contribution in [2.24, 2.45) is 0 Å². The third-order valence-corrected chi connectivity index (χ3v) is 3.08. The molecule has 102 valence electrons. The SMILES string of the molecule is O=C(CN1Cc2cnnn2CC1=O)Nc1ccccc1. The van der Waals surface area contributed by atoms with Crippen molar-refractivity contribution in [3.8, 4) is 0 Å². The number of nitrogens with zero attached hydrogens (tertiary/aromatic N) is 4. The van der Waals surface area contributed by atoms with Crippen molar-refractivity contribution in [1.29, 1.82) is 0 Å². The van der Waals surface area contributed by atoms with E-state index in [0.29, 0.717) is 12.2 Å². The number of carbonyl (C=O) groups excluding carboxylic acids is 2. The second-order valence-electron chi connectivity index (χ2n) is 4.55. The molecule has 0 spiro atoms. The molecule has 7 heteroatoms. The van der Waals surface area contributed by atoms with Crippen molar-refractivity contribution in [1.82, 2.24) is 19.9 Å². The summed E-state index contributed by atoms with van der Waals surface area (Å²) in [6, 6.07) is 9.15. The smallest absolute Gasteiger partial charge is 0.245 e. The third-order valence-electron chi connectivity index (χ3n) is 3.08. The van der Waals surface area contributed by atoms with Gasteiger partial charge < -0.3 is 10.2 Å². The van der Waals surface area contributed by atoms with Crippen LogP contribution in [-0.2, 0) is 22.7 Å². The maximum atomic E-state index is 11.9. The molecular formula is C13H13N5O2. The first kappa shape index (κ1) is 12.3. The largest absolute Gasteiger partial charge is 0.326 e. The van der Waals surface area contributed by atoms with E-state index in [4.69, 9.17) is 0 Å². The molecule has 2 amide bonds. The van der Waals surface area contributed by atoms with Gasteiger partial charge in [-0.15, -0.1) is 5.10 Å². The summed E-state index contributed by atoms with van der Waals surface area (Å²) in [5, 5.41) is 10.3. The van der Waals surface area contributed by atoms with Gasteiger partial charge in [0.2, 0.25) is 11.8 Å². The lowest BCUT2D eigenvalue weighted by molar-refractivity contribution is -0.137. The summed E-state index contributed by atoms with van der Waals surface area (Å²) >= 11 is 0. The molecule has 3 rings (SSSR count). The van der Waals surface area contributed by atoms with Crippen molar-refractivity contribution in [3.05, 3.63) is 42.2 Å². The van der Waals surface area contributed by atoms with Crippen LogP contribution in [0.4, 0.5) is 5.69 Å². The number of carbonyl (C=O) groups is 2. The summed E-state index contributed by atoms with van der Waals surface area (Å²) in [7, 11) is 0. The average molecular weight is 271 g/mol. The Kier molecular flexibility index (Phi) is 3.16. The Labute approximate surface area is 115 Å². The Morgan fingerprint density at radius 1 is 1.25 bits per heavy atom. The number of nitrogens with one attached hydrogen (secondary N) is 1. The Bertz CT molecular complexity index is 637. The highest BCUT2D eigenvalue weighted by Crippen LogP contribution is 2.11. The normalized spacial score (nSPS) is 14.0. The van der Waals surface area contributed by atoms with Gasteiger partial charge in [0.1, 0.15) is 13.1 Å². The van der Waals surface area contributed by atoms with Gasteiger partial charge in [-0.1, -0.05) is 23.4 Å². The van der Waals surface area contributed by atoms with Crippen LogP contribution in [0, 0.1) is 0 Å². The molecule has 7 nitrogen and oxygen atoms in total. The van der Waals surface area contributed by atoms with Crippen LogP contribution >= 0.6 is 0 Å². The van der Waals surface area contributed by atoms with Crippen molar-refractivity contribution in [2.45, 2.75) is 13.1 Å². The molecule has 0 saturated heterocycles. The van der Waals surface area contributed by atoms with E-state index < -0.39 is 0 Å². The minimum absolute atomic E-state index is 0.0267. The molecule has 1 aromatic heterocycles. The Hall–Kier alpha value is -2.70.